The van der Waals surface area contributed by atoms with Gasteiger partial charge in [-0.1, -0.05) is 66.7 Å². The minimum Gasteiger partial charge on any atom is -0.362 e. The Balaban J connectivity index is 1.36. The highest BCUT2D eigenvalue weighted by molar-refractivity contribution is 5.76. The van der Waals surface area contributed by atoms with E-state index < -0.39 is 0 Å². The van der Waals surface area contributed by atoms with E-state index in [0.717, 1.165) is 22.7 Å². The number of imidazole rings is 1. The summed E-state index contributed by atoms with van der Waals surface area (Å²) in [5, 5.41) is 3.46. The first-order chi connectivity index (χ1) is 14.8. The fourth-order valence-corrected chi connectivity index (χ4v) is 3.58. The molecule has 146 valence electrons. The molecule has 2 heterocycles. The van der Waals surface area contributed by atoms with E-state index in [4.69, 9.17) is 4.98 Å². The molecule has 5 aromatic rings. The van der Waals surface area contributed by atoms with Crippen LogP contribution in [0, 0.1) is 0 Å². The van der Waals surface area contributed by atoms with Crippen LogP contribution in [0.5, 0.6) is 0 Å². The molecule has 0 fully saturated rings. The SMILES string of the molecule is C[C@H](Nc1cncc(-n2cnc3ccccc32)n1)c1ccc(-c2ccccc2)cc1. The van der Waals surface area contributed by atoms with E-state index in [1.54, 1.807) is 18.7 Å². The van der Waals surface area contributed by atoms with Crippen molar-refractivity contribution in [1.29, 1.82) is 0 Å². The van der Waals surface area contributed by atoms with Gasteiger partial charge in [0.25, 0.3) is 0 Å². The third kappa shape index (κ3) is 3.53. The quantitative estimate of drug-likeness (QED) is 0.420. The normalized spacial score (nSPS) is 12.0. The summed E-state index contributed by atoms with van der Waals surface area (Å²) < 4.78 is 1.95. The molecule has 0 aliphatic heterocycles. The van der Waals surface area contributed by atoms with Gasteiger partial charge in [0.05, 0.1) is 23.4 Å². The number of nitrogens with one attached hydrogen (secondary N) is 1. The molecule has 5 heteroatoms. The van der Waals surface area contributed by atoms with Crippen molar-refractivity contribution >= 4 is 16.9 Å². The number of hydrogen-bond acceptors (Lipinski definition) is 4. The molecule has 2 aromatic heterocycles. The Morgan fingerprint density at radius 2 is 1.53 bits per heavy atom. The lowest BCUT2D eigenvalue weighted by Gasteiger charge is -2.16. The predicted octanol–water partition coefficient (Wildman–Crippen LogP) is 5.66. The molecular formula is C25H21N5. The summed E-state index contributed by atoms with van der Waals surface area (Å²) in [5.74, 6) is 1.46. The molecule has 0 radical (unpaired) electrons. The second-order valence-corrected chi connectivity index (χ2v) is 7.22. The molecule has 0 aliphatic carbocycles. The Morgan fingerprint density at radius 1 is 0.800 bits per heavy atom. The first-order valence-corrected chi connectivity index (χ1v) is 9.94. The van der Waals surface area contributed by atoms with Crippen LogP contribution in [-0.2, 0) is 0 Å². The van der Waals surface area contributed by atoms with Crippen molar-refractivity contribution in [2.75, 3.05) is 5.32 Å². The van der Waals surface area contributed by atoms with E-state index in [-0.39, 0.29) is 6.04 Å². The van der Waals surface area contributed by atoms with Gasteiger partial charge in [-0.15, -0.1) is 0 Å². The van der Waals surface area contributed by atoms with E-state index in [0.29, 0.717) is 0 Å². The second-order valence-electron chi connectivity index (χ2n) is 7.22. The molecular weight excluding hydrogens is 370 g/mol. The maximum Gasteiger partial charge on any atom is 0.159 e. The predicted molar refractivity (Wildman–Crippen MR) is 121 cm³/mol. The van der Waals surface area contributed by atoms with Crippen molar-refractivity contribution in [2.24, 2.45) is 0 Å². The number of nitrogens with zero attached hydrogens (tertiary/aromatic N) is 4. The third-order valence-electron chi connectivity index (χ3n) is 5.20. The van der Waals surface area contributed by atoms with E-state index in [9.17, 15) is 0 Å². The molecule has 1 atom stereocenters. The minimum atomic E-state index is 0.0962. The van der Waals surface area contributed by atoms with Gasteiger partial charge in [-0.05, 0) is 35.7 Å². The summed E-state index contributed by atoms with van der Waals surface area (Å²) in [6.07, 6.45) is 5.28. The fraction of sp³-hybridized carbons (Fsp3) is 0.0800. The van der Waals surface area contributed by atoms with E-state index in [1.807, 2.05) is 34.9 Å². The molecule has 1 N–H and O–H groups in total. The van der Waals surface area contributed by atoms with Gasteiger partial charge < -0.3 is 5.32 Å². The highest BCUT2D eigenvalue weighted by Gasteiger charge is 2.10. The number of benzene rings is 3. The van der Waals surface area contributed by atoms with Crippen molar-refractivity contribution in [3.8, 4) is 16.9 Å². The van der Waals surface area contributed by atoms with Crippen LogP contribution in [0.1, 0.15) is 18.5 Å². The van der Waals surface area contributed by atoms with Gasteiger partial charge in [0, 0.05) is 6.04 Å². The van der Waals surface area contributed by atoms with Crippen LogP contribution in [0.2, 0.25) is 0 Å². The van der Waals surface area contributed by atoms with Crippen molar-refractivity contribution in [1.82, 2.24) is 19.5 Å². The standard InChI is InChI=1S/C25H21N5/c1-18(19-11-13-21(14-12-19)20-7-3-2-4-8-20)28-24-15-26-16-25(29-24)30-17-27-22-9-5-6-10-23(22)30/h2-18H,1H3,(H,28,29)/t18-/m0/s1. The van der Waals surface area contributed by atoms with Crippen LogP contribution < -0.4 is 5.32 Å². The van der Waals surface area contributed by atoms with Gasteiger partial charge in [0.15, 0.2) is 5.82 Å². The molecule has 5 nitrogen and oxygen atoms in total. The fourth-order valence-electron chi connectivity index (χ4n) is 3.58. The average molecular weight is 391 g/mol. The molecule has 0 unspecified atom stereocenters. The summed E-state index contributed by atoms with van der Waals surface area (Å²) >= 11 is 0. The lowest BCUT2D eigenvalue weighted by Crippen LogP contribution is -2.09. The molecule has 0 saturated carbocycles. The maximum atomic E-state index is 4.75. The number of fused-ring (bicyclic) bond motifs is 1. The van der Waals surface area contributed by atoms with Gasteiger partial charge in [0.1, 0.15) is 12.1 Å². The highest BCUT2D eigenvalue weighted by Crippen LogP contribution is 2.24. The van der Waals surface area contributed by atoms with Gasteiger partial charge >= 0.3 is 0 Å². The summed E-state index contributed by atoms with van der Waals surface area (Å²) in [6.45, 7) is 2.12. The third-order valence-corrected chi connectivity index (χ3v) is 5.20. The van der Waals surface area contributed by atoms with Crippen LogP contribution in [0.15, 0.2) is 97.6 Å². The average Bonchev–Trinajstić information content (AvgIpc) is 3.24. The Labute approximate surface area is 175 Å². The monoisotopic (exact) mass is 391 g/mol. The zero-order valence-electron chi connectivity index (χ0n) is 16.6. The Kier molecular flexibility index (Phi) is 4.69. The van der Waals surface area contributed by atoms with Crippen LogP contribution in [0.3, 0.4) is 0 Å². The largest absolute Gasteiger partial charge is 0.362 e. The second kappa shape index (κ2) is 7.79. The summed E-state index contributed by atoms with van der Waals surface area (Å²) in [7, 11) is 0. The molecule has 0 saturated heterocycles. The van der Waals surface area contributed by atoms with Gasteiger partial charge in [-0.3, -0.25) is 9.55 Å². The first kappa shape index (κ1) is 18.1. The van der Waals surface area contributed by atoms with Crippen LogP contribution in [0.4, 0.5) is 5.82 Å². The molecule has 0 aliphatic rings. The molecule has 30 heavy (non-hydrogen) atoms. The number of aromatic nitrogens is 4. The van der Waals surface area contributed by atoms with Crippen molar-refractivity contribution < 1.29 is 0 Å². The zero-order valence-corrected chi connectivity index (χ0v) is 16.6. The molecule has 0 amide bonds. The number of rotatable bonds is 5. The van der Waals surface area contributed by atoms with Crippen molar-refractivity contribution in [2.45, 2.75) is 13.0 Å². The van der Waals surface area contributed by atoms with E-state index >= 15 is 0 Å². The van der Waals surface area contributed by atoms with Gasteiger partial charge in [0.2, 0.25) is 0 Å². The summed E-state index contributed by atoms with van der Waals surface area (Å²) in [4.78, 5) is 13.6. The van der Waals surface area contributed by atoms with E-state index in [1.165, 1.54) is 16.7 Å². The van der Waals surface area contributed by atoms with Crippen molar-refractivity contribution in [3.63, 3.8) is 0 Å². The molecule has 0 spiro atoms. The number of hydrogen-bond donors (Lipinski definition) is 1. The highest BCUT2D eigenvalue weighted by atomic mass is 15.2. The zero-order chi connectivity index (χ0) is 20.3. The van der Waals surface area contributed by atoms with Gasteiger partial charge in [-0.2, -0.15) is 0 Å². The number of para-hydroxylation sites is 2. The van der Waals surface area contributed by atoms with Crippen LogP contribution in [-0.4, -0.2) is 19.5 Å². The molecule has 0 bridgehead atoms. The van der Waals surface area contributed by atoms with E-state index in [2.05, 4.69) is 70.7 Å². The Bertz CT molecular complexity index is 1280. The van der Waals surface area contributed by atoms with Crippen molar-refractivity contribution in [3.05, 3.63) is 103 Å². The Hall–Kier alpha value is -3.99. The van der Waals surface area contributed by atoms with Crippen LogP contribution >= 0.6 is 0 Å². The smallest absolute Gasteiger partial charge is 0.159 e. The maximum absolute atomic E-state index is 4.75. The summed E-state index contributed by atoms with van der Waals surface area (Å²) in [5.41, 5.74) is 5.56. The lowest BCUT2D eigenvalue weighted by atomic mass is 10.0. The van der Waals surface area contributed by atoms with Gasteiger partial charge in [-0.25, -0.2) is 9.97 Å². The van der Waals surface area contributed by atoms with Crippen LogP contribution in [0.25, 0.3) is 28.0 Å². The first-order valence-electron chi connectivity index (χ1n) is 9.94. The topological polar surface area (TPSA) is 55.6 Å². The molecule has 5 rings (SSSR count). The minimum absolute atomic E-state index is 0.0962. The Morgan fingerprint density at radius 3 is 2.37 bits per heavy atom. The number of anilines is 1. The molecule has 3 aromatic carbocycles. The lowest BCUT2D eigenvalue weighted by molar-refractivity contribution is 0.865. The summed E-state index contributed by atoms with van der Waals surface area (Å²) in [6, 6.07) is 27.1.